The average Bonchev–Trinajstić information content (AvgIpc) is 2.67. The number of hydrogen-bond donors (Lipinski definition) is 1. The average molecular weight is 190 g/mol. The molecule has 0 unspecified atom stereocenters. The minimum absolute atomic E-state index is 0.579. The minimum atomic E-state index is 0.579. The first-order chi connectivity index (χ1) is 6.90. The monoisotopic (exact) mass is 190 g/mol. The van der Waals surface area contributed by atoms with E-state index in [9.17, 15) is 0 Å². The fourth-order valence-electron chi connectivity index (χ4n) is 2.16. The molecule has 1 aliphatic rings. The first-order valence-corrected chi connectivity index (χ1v) is 5.35. The maximum Gasteiger partial charge on any atom is 0.0598 e. The van der Waals surface area contributed by atoms with Crippen molar-refractivity contribution in [2.45, 2.75) is 25.6 Å². The van der Waals surface area contributed by atoms with E-state index in [1.165, 1.54) is 24.9 Å². The van der Waals surface area contributed by atoms with Gasteiger partial charge in [0.1, 0.15) is 0 Å². The summed E-state index contributed by atoms with van der Waals surface area (Å²) < 4.78 is 0. The van der Waals surface area contributed by atoms with Gasteiger partial charge in [0.25, 0.3) is 0 Å². The van der Waals surface area contributed by atoms with Crippen molar-refractivity contribution in [3.8, 4) is 0 Å². The molecule has 0 amide bonds. The maximum absolute atomic E-state index is 3.36. The summed E-state index contributed by atoms with van der Waals surface area (Å²) in [6.07, 6.45) is 3.18. The Balaban J connectivity index is 1.97. The largest absolute Gasteiger partial charge is 0.305 e. The molecule has 0 aromatic heterocycles. The summed E-state index contributed by atoms with van der Waals surface area (Å²) in [7, 11) is 2.05. The van der Waals surface area contributed by atoms with E-state index in [2.05, 4.69) is 40.5 Å². The Hall–Kier alpha value is -0.860. The van der Waals surface area contributed by atoms with Gasteiger partial charge in [-0.05, 0) is 25.5 Å². The van der Waals surface area contributed by atoms with Gasteiger partial charge in [-0.2, -0.15) is 0 Å². The summed E-state index contributed by atoms with van der Waals surface area (Å²) in [4.78, 5) is 2.51. The molecule has 1 saturated heterocycles. The normalized spacial score (nSPS) is 22.8. The Labute approximate surface area is 85.9 Å². The third kappa shape index (κ3) is 2.14. The molecule has 1 atom stereocenters. The molecular formula is C12H18N2. The Morgan fingerprint density at radius 2 is 2.14 bits per heavy atom. The Morgan fingerprint density at radius 3 is 2.86 bits per heavy atom. The Bertz CT molecular complexity index is 271. The summed E-state index contributed by atoms with van der Waals surface area (Å²) in [5.41, 5.74) is 1.41. The van der Waals surface area contributed by atoms with Gasteiger partial charge < -0.3 is 5.32 Å². The number of hydrogen-bond acceptors (Lipinski definition) is 2. The zero-order valence-corrected chi connectivity index (χ0v) is 8.74. The van der Waals surface area contributed by atoms with Crippen molar-refractivity contribution in [1.29, 1.82) is 0 Å². The zero-order chi connectivity index (χ0) is 9.80. The van der Waals surface area contributed by atoms with E-state index in [1.807, 2.05) is 7.05 Å². The van der Waals surface area contributed by atoms with Gasteiger partial charge in [0, 0.05) is 13.1 Å². The van der Waals surface area contributed by atoms with Gasteiger partial charge in [0.05, 0.1) is 6.17 Å². The van der Waals surface area contributed by atoms with E-state index in [0.717, 1.165) is 6.54 Å². The van der Waals surface area contributed by atoms with Gasteiger partial charge in [0.15, 0.2) is 0 Å². The van der Waals surface area contributed by atoms with Crippen molar-refractivity contribution in [3.63, 3.8) is 0 Å². The van der Waals surface area contributed by atoms with Crippen LogP contribution in [0.1, 0.15) is 18.4 Å². The molecule has 0 saturated carbocycles. The van der Waals surface area contributed by atoms with Crippen LogP contribution in [0.15, 0.2) is 30.3 Å². The standard InChI is InChI=1S/C12H18N2/c1-13-12-8-5-9-14(12)10-11-6-3-2-4-7-11/h2-4,6-7,12-13H,5,8-10H2,1H3/t12-/m1/s1. The van der Waals surface area contributed by atoms with Gasteiger partial charge in [-0.1, -0.05) is 30.3 Å². The van der Waals surface area contributed by atoms with Crippen molar-refractivity contribution in [3.05, 3.63) is 35.9 Å². The summed E-state index contributed by atoms with van der Waals surface area (Å²) in [6.45, 7) is 2.30. The lowest BCUT2D eigenvalue weighted by molar-refractivity contribution is 0.220. The number of rotatable bonds is 3. The quantitative estimate of drug-likeness (QED) is 0.782. The van der Waals surface area contributed by atoms with Crippen LogP contribution in [-0.2, 0) is 6.54 Å². The van der Waals surface area contributed by atoms with Crippen LogP contribution < -0.4 is 5.32 Å². The van der Waals surface area contributed by atoms with Gasteiger partial charge in [0.2, 0.25) is 0 Å². The number of benzene rings is 1. The number of nitrogens with zero attached hydrogens (tertiary/aromatic N) is 1. The topological polar surface area (TPSA) is 15.3 Å². The van der Waals surface area contributed by atoms with Crippen LogP contribution in [0.25, 0.3) is 0 Å². The predicted octanol–water partition coefficient (Wildman–Crippen LogP) is 1.83. The van der Waals surface area contributed by atoms with E-state index in [0.29, 0.717) is 6.17 Å². The van der Waals surface area contributed by atoms with E-state index in [4.69, 9.17) is 0 Å². The van der Waals surface area contributed by atoms with Crippen LogP contribution in [0.5, 0.6) is 0 Å². The molecule has 14 heavy (non-hydrogen) atoms. The first-order valence-electron chi connectivity index (χ1n) is 5.35. The molecule has 76 valence electrons. The van der Waals surface area contributed by atoms with Crippen LogP contribution in [0.4, 0.5) is 0 Å². The highest BCUT2D eigenvalue weighted by atomic mass is 15.3. The highest BCUT2D eigenvalue weighted by Crippen LogP contribution is 2.17. The van der Waals surface area contributed by atoms with Gasteiger partial charge in [-0.25, -0.2) is 0 Å². The number of nitrogens with one attached hydrogen (secondary N) is 1. The molecule has 0 spiro atoms. The zero-order valence-electron chi connectivity index (χ0n) is 8.74. The van der Waals surface area contributed by atoms with Crippen molar-refractivity contribution in [1.82, 2.24) is 10.2 Å². The highest BCUT2D eigenvalue weighted by Gasteiger charge is 2.22. The van der Waals surface area contributed by atoms with Gasteiger partial charge in [-0.3, -0.25) is 4.90 Å². The molecule has 1 aromatic carbocycles. The second-order valence-electron chi connectivity index (χ2n) is 3.90. The van der Waals surface area contributed by atoms with Crippen molar-refractivity contribution in [2.75, 3.05) is 13.6 Å². The minimum Gasteiger partial charge on any atom is -0.305 e. The van der Waals surface area contributed by atoms with Crippen LogP contribution in [0.3, 0.4) is 0 Å². The lowest BCUT2D eigenvalue weighted by atomic mass is 10.2. The SMILES string of the molecule is CN[C@H]1CCCN1Cc1ccccc1. The third-order valence-corrected chi connectivity index (χ3v) is 2.93. The maximum atomic E-state index is 3.36. The van der Waals surface area contributed by atoms with E-state index < -0.39 is 0 Å². The molecule has 1 heterocycles. The molecule has 1 N–H and O–H groups in total. The molecule has 0 aliphatic carbocycles. The fourth-order valence-corrected chi connectivity index (χ4v) is 2.16. The van der Waals surface area contributed by atoms with E-state index >= 15 is 0 Å². The molecule has 1 fully saturated rings. The van der Waals surface area contributed by atoms with Crippen molar-refractivity contribution < 1.29 is 0 Å². The van der Waals surface area contributed by atoms with Crippen LogP contribution >= 0.6 is 0 Å². The molecular weight excluding hydrogens is 172 g/mol. The summed E-state index contributed by atoms with van der Waals surface area (Å²) in [5, 5.41) is 3.36. The lowest BCUT2D eigenvalue weighted by Gasteiger charge is -2.23. The lowest BCUT2D eigenvalue weighted by Crippen LogP contribution is -2.38. The summed E-state index contributed by atoms with van der Waals surface area (Å²) in [6, 6.07) is 10.7. The van der Waals surface area contributed by atoms with Crippen molar-refractivity contribution >= 4 is 0 Å². The van der Waals surface area contributed by atoms with Crippen LogP contribution in [-0.4, -0.2) is 24.7 Å². The Kier molecular flexibility index (Phi) is 3.17. The summed E-state index contributed by atoms with van der Waals surface area (Å²) in [5.74, 6) is 0. The second-order valence-corrected chi connectivity index (χ2v) is 3.90. The molecule has 2 nitrogen and oxygen atoms in total. The second kappa shape index (κ2) is 4.58. The van der Waals surface area contributed by atoms with E-state index in [-0.39, 0.29) is 0 Å². The predicted molar refractivity (Wildman–Crippen MR) is 58.9 cm³/mol. The molecule has 2 rings (SSSR count). The third-order valence-electron chi connectivity index (χ3n) is 2.93. The smallest absolute Gasteiger partial charge is 0.0598 e. The number of likely N-dealkylation sites (tertiary alicyclic amines) is 1. The van der Waals surface area contributed by atoms with E-state index in [1.54, 1.807) is 0 Å². The summed E-state index contributed by atoms with van der Waals surface area (Å²) >= 11 is 0. The van der Waals surface area contributed by atoms with Gasteiger partial charge in [-0.15, -0.1) is 0 Å². The van der Waals surface area contributed by atoms with Gasteiger partial charge >= 0.3 is 0 Å². The highest BCUT2D eigenvalue weighted by molar-refractivity contribution is 5.14. The molecule has 1 aromatic rings. The van der Waals surface area contributed by atoms with Crippen LogP contribution in [0.2, 0.25) is 0 Å². The molecule has 0 radical (unpaired) electrons. The first kappa shape index (κ1) is 9.69. The fraction of sp³-hybridized carbons (Fsp3) is 0.500. The molecule has 0 bridgehead atoms. The molecule has 2 heteroatoms. The Morgan fingerprint density at radius 1 is 1.36 bits per heavy atom. The molecule has 1 aliphatic heterocycles. The van der Waals surface area contributed by atoms with Crippen molar-refractivity contribution in [2.24, 2.45) is 0 Å². The van der Waals surface area contributed by atoms with Crippen LogP contribution in [0, 0.1) is 0 Å².